The van der Waals surface area contributed by atoms with E-state index in [0.29, 0.717) is 35.6 Å². The van der Waals surface area contributed by atoms with Crippen molar-refractivity contribution >= 4 is 85.6 Å². The van der Waals surface area contributed by atoms with Gasteiger partial charge in [0.15, 0.2) is 5.82 Å². The van der Waals surface area contributed by atoms with Crippen LogP contribution in [0.25, 0.3) is 21.5 Å². The lowest BCUT2D eigenvalue weighted by Gasteiger charge is -2.36. The number of piperidine rings is 2. The van der Waals surface area contributed by atoms with E-state index in [-0.39, 0.29) is 48.7 Å². The number of carbonyl (C=O) groups excluding carboxylic acids is 5. The average Bonchev–Trinajstić information content (AvgIpc) is 3.58. The first kappa shape index (κ1) is 40.2. The topological polar surface area (TPSA) is 169 Å². The van der Waals surface area contributed by atoms with Crippen LogP contribution in [0.4, 0.5) is 31.9 Å². The highest BCUT2D eigenvalue weighted by molar-refractivity contribution is 7.85. The predicted molar refractivity (Wildman–Crippen MR) is 228 cm³/mol. The molecule has 3 saturated heterocycles. The van der Waals surface area contributed by atoms with Crippen LogP contribution in [0.1, 0.15) is 43.2 Å². The summed E-state index contributed by atoms with van der Waals surface area (Å²) in [6.07, 6.45) is 3.71. The second-order valence-electron chi connectivity index (χ2n) is 15.2. The summed E-state index contributed by atoms with van der Waals surface area (Å²) in [6, 6.07) is 24.4. The van der Waals surface area contributed by atoms with Crippen molar-refractivity contribution in [2.75, 3.05) is 45.6 Å². The summed E-state index contributed by atoms with van der Waals surface area (Å²) in [6.45, 7) is 3.86. The van der Waals surface area contributed by atoms with Crippen LogP contribution in [0.3, 0.4) is 0 Å². The van der Waals surface area contributed by atoms with E-state index in [1.807, 2.05) is 67.6 Å². The number of nitrogens with one attached hydrogen (secondary N) is 4. The van der Waals surface area contributed by atoms with E-state index in [1.54, 1.807) is 18.2 Å². The van der Waals surface area contributed by atoms with Gasteiger partial charge >= 0.3 is 6.03 Å². The Morgan fingerprint density at radius 3 is 2.50 bits per heavy atom. The molecule has 8 rings (SSSR count). The number of anilines is 4. The van der Waals surface area contributed by atoms with Crippen molar-refractivity contribution in [2.45, 2.75) is 51.7 Å². The summed E-state index contributed by atoms with van der Waals surface area (Å²) in [7, 11) is 0. The number of aryl methyl sites for hydroxylation is 1. The number of benzene rings is 5. The molecular formula is C44H44FN7O7S. The van der Waals surface area contributed by atoms with Gasteiger partial charge in [0.05, 0.1) is 5.69 Å². The minimum absolute atomic E-state index is 0.0891. The highest BCUT2D eigenvalue weighted by Crippen LogP contribution is 2.41. The normalized spacial score (nSPS) is 18.3. The number of halogens is 1. The first-order valence-corrected chi connectivity index (χ1v) is 21.0. The number of hydrogen-bond acceptors (Lipinski definition) is 8. The molecule has 16 heteroatoms. The highest BCUT2D eigenvalue weighted by Gasteiger charge is 2.34. The molecule has 5 aromatic rings. The van der Waals surface area contributed by atoms with Gasteiger partial charge in [-0.3, -0.25) is 33.5 Å². The van der Waals surface area contributed by atoms with E-state index in [1.165, 1.54) is 11.0 Å². The molecule has 0 saturated carbocycles. The van der Waals surface area contributed by atoms with Crippen LogP contribution in [0.2, 0.25) is 0 Å². The lowest BCUT2D eigenvalue weighted by atomic mass is 9.92. The lowest BCUT2D eigenvalue weighted by Crippen LogP contribution is -2.52. The number of fused-ring (bicyclic) bond motifs is 2. The molecule has 4 N–H and O–H groups in total. The molecule has 2 unspecified atom stereocenters. The molecule has 0 bridgehead atoms. The summed E-state index contributed by atoms with van der Waals surface area (Å²) in [5, 5.41) is 10.7. The van der Waals surface area contributed by atoms with Gasteiger partial charge in [-0.05, 0) is 91.4 Å². The van der Waals surface area contributed by atoms with Crippen LogP contribution < -0.4 is 39.5 Å². The number of nitrogens with zero attached hydrogens (tertiary/aromatic N) is 3. The lowest BCUT2D eigenvalue weighted by molar-refractivity contribution is -0.135. The summed E-state index contributed by atoms with van der Waals surface area (Å²) < 4.78 is 38.3. The van der Waals surface area contributed by atoms with Crippen LogP contribution in [-0.4, -0.2) is 66.6 Å². The fourth-order valence-corrected chi connectivity index (χ4v) is 9.27. The first-order chi connectivity index (χ1) is 29.1. The standard InChI is InChI=1S/C44H44FN7O7S/c1-27-6-5-9-33-34(12-13-35(40(27)33)51(26-53)36-14-15-38(54)48-43(36)56)50-20-17-28(18-21-50)16-19-46-44(57)47-31-10-11-32-30(22-31)23-37(59-25-29-7-3-2-4-8-29)42(41(32)45)52-24-39(55)49-60(52)58/h2-13,22-23,26,28,36H,14-21,24-25H2,1H3,(H,49,55)(H2,46,47,57)(H,48,54,56). The van der Waals surface area contributed by atoms with Crippen molar-refractivity contribution in [3.63, 3.8) is 0 Å². The molecule has 0 spiro atoms. The predicted octanol–water partition coefficient (Wildman–Crippen LogP) is 5.73. The Labute approximate surface area is 348 Å². The van der Waals surface area contributed by atoms with Gasteiger partial charge in [0.2, 0.25) is 29.4 Å². The number of carbonyl (C=O) groups is 5. The van der Waals surface area contributed by atoms with E-state index < -0.39 is 40.9 Å². The van der Waals surface area contributed by atoms with Crippen LogP contribution in [0.5, 0.6) is 5.75 Å². The highest BCUT2D eigenvalue weighted by atomic mass is 32.2. The third-order valence-electron chi connectivity index (χ3n) is 11.4. The van der Waals surface area contributed by atoms with E-state index in [4.69, 9.17) is 4.74 Å². The number of rotatable bonds is 12. The molecule has 310 valence electrons. The van der Waals surface area contributed by atoms with Gasteiger partial charge in [-0.2, -0.15) is 0 Å². The number of imide groups is 1. The third-order valence-corrected chi connectivity index (χ3v) is 12.5. The van der Waals surface area contributed by atoms with Gasteiger partial charge in [-0.15, -0.1) is 0 Å². The van der Waals surface area contributed by atoms with Crippen LogP contribution in [0, 0.1) is 18.7 Å². The second-order valence-corrected chi connectivity index (χ2v) is 16.4. The summed E-state index contributed by atoms with van der Waals surface area (Å²) >= 11 is -1.98. The molecule has 60 heavy (non-hydrogen) atoms. The van der Waals surface area contributed by atoms with Gasteiger partial charge in [0.1, 0.15) is 30.6 Å². The number of urea groups is 1. The maximum Gasteiger partial charge on any atom is 0.319 e. The van der Waals surface area contributed by atoms with Crippen LogP contribution in [0.15, 0.2) is 84.9 Å². The summed E-state index contributed by atoms with van der Waals surface area (Å²) in [5.74, 6) is -1.52. The molecule has 3 fully saturated rings. The molecular weight excluding hydrogens is 790 g/mol. The van der Waals surface area contributed by atoms with E-state index in [9.17, 15) is 28.2 Å². The second kappa shape index (κ2) is 17.4. The van der Waals surface area contributed by atoms with E-state index in [2.05, 4.69) is 25.6 Å². The van der Waals surface area contributed by atoms with Crippen LogP contribution in [-0.2, 0) is 37.0 Å². The van der Waals surface area contributed by atoms with Crippen molar-refractivity contribution in [1.29, 1.82) is 0 Å². The molecule has 0 radical (unpaired) electrons. The Morgan fingerprint density at radius 2 is 1.77 bits per heavy atom. The Balaban J connectivity index is 0.891. The van der Waals surface area contributed by atoms with Gasteiger partial charge in [-0.25, -0.2) is 13.4 Å². The molecule has 0 aromatic heterocycles. The SMILES string of the molecule is Cc1cccc2c(N3CCC(CCNC(=O)Nc4ccc5c(F)c(N6CC(=O)NS6=O)c(OCc6ccccc6)cc5c4)CC3)ccc(N(C=O)C3CCC(=O)NC3=O)c12. The van der Waals surface area contributed by atoms with Crippen molar-refractivity contribution in [3.8, 4) is 5.75 Å². The summed E-state index contributed by atoms with van der Waals surface area (Å²) in [5.41, 5.74) is 3.84. The molecule has 14 nitrogen and oxygen atoms in total. The zero-order valence-electron chi connectivity index (χ0n) is 32.9. The monoisotopic (exact) mass is 833 g/mol. The van der Waals surface area contributed by atoms with Crippen molar-refractivity contribution in [1.82, 2.24) is 15.4 Å². The van der Waals surface area contributed by atoms with Crippen molar-refractivity contribution in [2.24, 2.45) is 5.92 Å². The zero-order chi connectivity index (χ0) is 41.9. The molecule has 3 heterocycles. The maximum absolute atomic E-state index is 16.2. The van der Waals surface area contributed by atoms with E-state index >= 15 is 4.39 Å². The molecule has 0 aliphatic carbocycles. The van der Waals surface area contributed by atoms with Crippen molar-refractivity contribution < 1.29 is 37.3 Å². The average molecular weight is 834 g/mol. The zero-order valence-corrected chi connectivity index (χ0v) is 33.7. The molecule has 3 aliphatic rings. The molecule has 5 aromatic carbocycles. The smallest absolute Gasteiger partial charge is 0.319 e. The first-order valence-electron chi connectivity index (χ1n) is 19.9. The Hall–Kier alpha value is -6.55. The fourth-order valence-electron chi connectivity index (χ4n) is 8.34. The van der Waals surface area contributed by atoms with Crippen LogP contribution >= 0.6 is 0 Å². The van der Waals surface area contributed by atoms with Gasteiger partial charge in [0, 0.05) is 53.6 Å². The van der Waals surface area contributed by atoms with Gasteiger partial charge in [0.25, 0.3) is 5.91 Å². The number of amides is 6. The Kier molecular flexibility index (Phi) is 11.6. The Bertz CT molecular complexity index is 2530. The summed E-state index contributed by atoms with van der Waals surface area (Å²) in [4.78, 5) is 65.7. The van der Waals surface area contributed by atoms with Gasteiger partial charge < -0.3 is 25.2 Å². The molecule has 2 atom stereocenters. The number of hydrogen-bond donors (Lipinski definition) is 4. The van der Waals surface area contributed by atoms with Gasteiger partial charge in [-0.1, -0.05) is 48.5 Å². The van der Waals surface area contributed by atoms with E-state index in [0.717, 1.165) is 64.2 Å². The molecule has 6 amide bonds. The molecule has 3 aliphatic heterocycles. The number of ether oxygens (including phenoxy) is 1. The maximum atomic E-state index is 16.2. The fraction of sp³-hybridized carbons (Fsp3) is 0.295. The Morgan fingerprint density at radius 1 is 0.967 bits per heavy atom. The largest absolute Gasteiger partial charge is 0.487 e. The minimum Gasteiger partial charge on any atom is -0.487 e. The third kappa shape index (κ3) is 8.32. The van der Waals surface area contributed by atoms with Crippen molar-refractivity contribution in [3.05, 3.63) is 102 Å². The quantitative estimate of drug-likeness (QED) is 0.0913. The minimum atomic E-state index is -1.98.